The number of sulfonamides is 1. The number of imide groups is 1. The molecule has 0 aliphatic carbocycles. The molecule has 2 amide bonds. The number of piperazine rings is 1. The molecular weight excluding hydrogens is 300 g/mol. The molecule has 0 saturated carbocycles. The molecule has 1 saturated heterocycles. The molecule has 4 N–H and O–H groups in total. The second kappa shape index (κ2) is 5.71. The predicted octanol–water partition coefficient (Wildman–Crippen LogP) is -1.81. The van der Waals surface area contributed by atoms with Crippen LogP contribution < -0.4 is 16.6 Å². The number of nitrogens with zero attached hydrogens (tertiary/aromatic N) is 3. The van der Waals surface area contributed by atoms with Gasteiger partial charge in [-0.3, -0.25) is 20.3 Å². The zero-order valence-electron chi connectivity index (χ0n) is 11.1. The third kappa shape index (κ3) is 2.84. The smallest absolute Gasteiger partial charge is 0.247 e. The van der Waals surface area contributed by atoms with E-state index in [1.807, 2.05) is 0 Å². The summed E-state index contributed by atoms with van der Waals surface area (Å²) in [4.78, 5) is 30.4. The van der Waals surface area contributed by atoms with E-state index in [0.29, 0.717) is 0 Å². The van der Waals surface area contributed by atoms with Crippen LogP contribution in [0.1, 0.15) is 13.3 Å². The molecule has 0 radical (unpaired) electrons. The third-order valence-electron chi connectivity index (χ3n) is 2.96. The van der Waals surface area contributed by atoms with E-state index in [-0.39, 0.29) is 17.3 Å². The second-order valence-electron chi connectivity index (χ2n) is 4.27. The number of anilines is 1. The van der Waals surface area contributed by atoms with E-state index >= 15 is 0 Å². The lowest BCUT2D eigenvalue weighted by Crippen LogP contribution is -2.59. The Morgan fingerprint density at radius 1 is 1.43 bits per heavy atom. The third-order valence-corrected chi connectivity index (χ3v) is 4.77. The van der Waals surface area contributed by atoms with Crippen molar-refractivity contribution in [2.45, 2.75) is 24.3 Å². The Hall–Kier alpha value is -2.11. The van der Waals surface area contributed by atoms with E-state index in [1.54, 1.807) is 6.92 Å². The van der Waals surface area contributed by atoms with Gasteiger partial charge in [-0.05, 0) is 6.42 Å². The fourth-order valence-corrected chi connectivity index (χ4v) is 3.45. The molecule has 2 rings (SSSR count). The maximum absolute atomic E-state index is 12.5. The molecule has 1 atom stereocenters. The maximum atomic E-state index is 12.5. The van der Waals surface area contributed by atoms with E-state index < -0.39 is 34.4 Å². The summed E-state index contributed by atoms with van der Waals surface area (Å²) in [5, 5.41) is 2.11. The highest BCUT2D eigenvalue weighted by atomic mass is 32.2. The molecule has 21 heavy (non-hydrogen) atoms. The van der Waals surface area contributed by atoms with Crippen LogP contribution in [-0.2, 0) is 19.6 Å². The Labute approximate surface area is 120 Å². The average molecular weight is 314 g/mol. The van der Waals surface area contributed by atoms with E-state index in [9.17, 15) is 18.0 Å². The molecule has 114 valence electrons. The molecule has 1 fully saturated rings. The molecule has 0 bridgehead atoms. The Kier molecular flexibility index (Phi) is 4.16. The number of nitrogens with two attached hydrogens (primary N) is 1. The summed E-state index contributed by atoms with van der Waals surface area (Å²) < 4.78 is 25.9. The summed E-state index contributed by atoms with van der Waals surface area (Å²) in [6.45, 7) is 1.23. The largest absolute Gasteiger partial charge is 0.294 e. The van der Waals surface area contributed by atoms with Crippen molar-refractivity contribution in [2.75, 3.05) is 12.0 Å². The molecule has 2 heterocycles. The lowest BCUT2D eigenvalue weighted by Gasteiger charge is -2.32. The Bertz CT molecular complexity index is 659. The first-order chi connectivity index (χ1) is 9.90. The van der Waals surface area contributed by atoms with Crippen molar-refractivity contribution in [3.63, 3.8) is 0 Å². The standard InChI is InChI=1S/C10H14N6O4S/c1-2-7-9(18)14-8(17)5-16(7)21(19,20)6-3-12-10(15-11)13-4-6/h3-4,7H,2,5,11H2,1H3,(H,12,13,15)(H,14,17,18). The number of carbonyl (C=O) groups excluding carboxylic acids is 2. The molecule has 1 aliphatic rings. The van der Waals surface area contributed by atoms with Gasteiger partial charge in [-0.25, -0.2) is 24.2 Å². The number of rotatable bonds is 4. The number of hydrogen-bond donors (Lipinski definition) is 3. The second-order valence-corrected chi connectivity index (χ2v) is 6.16. The van der Waals surface area contributed by atoms with E-state index in [0.717, 1.165) is 16.7 Å². The van der Waals surface area contributed by atoms with Crippen molar-refractivity contribution < 1.29 is 18.0 Å². The summed E-state index contributed by atoms with van der Waals surface area (Å²) in [5.74, 6) is 3.84. The monoisotopic (exact) mass is 314 g/mol. The molecule has 11 heteroatoms. The normalized spacial score (nSPS) is 20.2. The Morgan fingerprint density at radius 2 is 2.05 bits per heavy atom. The first kappa shape index (κ1) is 15.3. The van der Waals surface area contributed by atoms with Crippen molar-refractivity contribution >= 4 is 27.8 Å². The number of amides is 2. The van der Waals surface area contributed by atoms with Gasteiger partial charge in [0, 0.05) is 0 Å². The van der Waals surface area contributed by atoms with E-state index in [1.165, 1.54) is 0 Å². The molecule has 1 unspecified atom stereocenters. The summed E-state index contributed by atoms with van der Waals surface area (Å²) in [6, 6.07) is -0.944. The maximum Gasteiger partial charge on any atom is 0.247 e. The van der Waals surface area contributed by atoms with E-state index in [4.69, 9.17) is 5.84 Å². The van der Waals surface area contributed by atoms with Gasteiger partial charge in [0.1, 0.15) is 10.9 Å². The van der Waals surface area contributed by atoms with Crippen LogP contribution in [0.2, 0.25) is 0 Å². The summed E-state index contributed by atoms with van der Waals surface area (Å²) in [5.41, 5.74) is 2.17. The minimum absolute atomic E-state index is 0.0495. The van der Waals surface area contributed by atoms with Gasteiger partial charge in [0.15, 0.2) is 0 Å². The van der Waals surface area contributed by atoms with Crippen LogP contribution in [0.5, 0.6) is 0 Å². The van der Waals surface area contributed by atoms with Gasteiger partial charge in [0.2, 0.25) is 27.8 Å². The van der Waals surface area contributed by atoms with Crippen molar-refractivity contribution in [2.24, 2.45) is 5.84 Å². The van der Waals surface area contributed by atoms with Gasteiger partial charge < -0.3 is 0 Å². The summed E-state index contributed by atoms with van der Waals surface area (Å²) in [6.07, 6.45) is 2.35. The molecule has 1 aliphatic heterocycles. The number of hydrazine groups is 1. The lowest BCUT2D eigenvalue weighted by molar-refractivity contribution is -0.137. The first-order valence-corrected chi connectivity index (χ1v) is 7.48. The van der Waals surface area contributed by atoms with Gasteiger partial charge in [0.05, 0.1) is 18.9 Å². The van der Waals surface area contributed by atoms with Gasteiger partial charge in [-0.15, -0.1) is 0 Å². The van der Waals surface area contributed by atoms with Crippen molar-refractivity contribution in [1.29, 1.82) is 0 Å². The number of carbonyl (C=O) groups is 2. The molecule has 1 aromatic heterocycles. The Balaban J connectivity index is 2.40. The van der Waals surface area contributed by atoms with Crippen LogP contribution in [0.4, 0.5) is 5.95 Å². The van der Waals surface area contributed by atoms with Crippen molar-refractivity contribution in [3.05, 3.63) is 12.4 Å². The lowest BCUT2D eigenvalue weighted by atomic mass is 10.2. The first-order valence-electron chi connectivity index (χ1n) is 6.04. The molecule has 1 aromatic rings. The van der Waals surface area contributed by atoms with Crippen LogP contribution >= 0.6 is 0 Å². The zero-order chi connectivity index (χ0) is 15.6. The van der Waals surface area contributed by atoms with Crippen LogP contribution in [0.3, 0.4) is 0 Å². The quantitative estimate of drug-likeness (QED) is 0.334. The Morgan fingerprint density at radius 3 is 2.57 bits per heavy atom. The number of nitrogens with one attached hydrogen (secondary N) is 2. The van der Waals surface area contributed by atoms with Crippen LogP contribution in [0.25, 0.3) is 0 Å². The fraction of sp³-hybridized carbons (Fsp3) is 0.400. The number of nitrogen functional groups attached to an aromatic ring is 1. The van der Waals surface area contributed by atoms with Gasteiger partial charge in [-0.1, -0.05) is 6.92 Å². The minimum atomic E-state index is -4.06. The highest BCUT2D eigenvalue weighted by Crippen LogP contribution is 2.20. The van der Waals surface area contributed by atoms with Gasteiger partial charge in [-0.2, -0.15) is 4.31 Å². The zero-order valence-corrected chi connectivity index (χ0v) is 11.9. The van der Waals surface area contributed by atoms with Crippen LogP contribution in [0.15, 0.2) is 17.3 Å². The average Bonchev–Trinajstić information content (AvgIpc) is 2.46. The van der Waals surface area contributed by atoms with Crippen molar-refractivity contribution in [1.82, 2.24) is 19.6 Å². The van der Waals surface area contributed by atoms with Crippen molar-refractivity contribution in [3.8, 4) is 0 Å². The SMILES string of the molecule is CCC1C(=O)NC(=O)CN1S(=O)(=O)c1cnc(NN)nc1. The van der Waals surface area contributed by atoms with Gasteiger partial charge in [0.25, 0.3) is 0 Å². The number of hydrogen-bond acceptors (Lipinski definition) is 8. The molecular formula is C10H14N6O4S. The summed E-state index contributed by atoms with van der Waals surface area (Å²) >= 11 is 0. The fourth-order valence-electron chi connectivity index (χ4n) is 1.94. The van der Waals surface area contributed by atoms with Crippen LogP contribution in [-0.4, -0.2) is 47.1 Å². The van der Waals surface area contributed by atoms with E-state index in [2.05, 4.69) is 20.7 Å². The molecule has 0 spiro atoms. The molecule has 10 nitrogen and oxygen atoms in total. The number of aromatic nitrogens is 2. The summed E-state index contributed by atoms with van der Waals surface area (Å²) in [7, 11) is -4.06. The predicted molar refractivity (Wildman–Crippen MR) is 71.0 cm³/mol. The van der Waals surface area contributed by atoms with Crippen LogP contribution in [0, 0.1) is 0 Å². The highest BCUT2D eigenvalue weighted by Gasteiger charge is 2.40. The molecule has 0 aromatic carbocycles. The van der Waals surface area contributed by atoms with Gasteiger partial charge >= 0.3 is 0 Å². The topological polar surface area (TPSA) is 147 Å². The highest BCUT2D eigenvalue weighted by molar-refractivity contribution is 7.89. The minimum Gasteiger partial charge on any atom is -0.294 e.